The maximum Gasteiger partial charge on any atom is 0.0138 e. The van der Waals surface area contributed by atoms with E-state index in [2.05, 4.69) is 32.6 Å². The number of hydrogen-bond donors (Lipinski definition) is 1. The van der Waals surface area contributed by atoms with Gasteiger partial charge in [-0.2, -0.15) is 0 Å². The molecular weight excluding hydrogens is 244 g/mol. The van der Waals surface area contributed by atoms with Crippen LogP contribution >= 0.6 is 0 Å². The van der Waals surface area contributed by atoms with Gasteiger partial charge >= 0.3 is 0 Å². The largest absolute Gasteiger partial charge is 0.330 e. The fourth-order valence-corrected chi connectivity index (χ4v) is 4.46. The highest BCUT2D eigenvalue weighted by Crippen LogP contribution is 2.43. The number of nitrogens with two attached hydrogens (primary N) is 1. The molecule has 1 saturated heterocycles. The molecule has 2 rings (SSSR count). The van der Waals surface area contributed by atoms with E-state index in [4.69, 9.17) is 5.73 Å². The van der Waals surface area contributed by atoms with Gasteiger partial charge in [0.2, 0.25) is 0 Å². The van der Waals surface area contributed by atoms with E-state index >= 15 is 0 Å². The van der Waals surface area contributed by atoms with Gasteiger partial charge in [-0.05, 0) is 68.4 Å². The molecular formula is C18H36N2. The predicted molar refractivity (Wildman–Crippen MR) is 87.7 cm³/mol. The van der Waals surface area contributed by atoms with Crippen molar-refractivity contribution in [2.24, 2.45) is 28.9 Å². The molecule has 0 spiro atoms. The molecule has 1 heterocycles. The maximum atomic E-state index is 6.10. The maximum absolute atomic E-state index is 6.10. The van der Waals surface area contributed by atoms with Crippen LogP contribution in [0.1, 0.15) is 66.2 Å². The third kappa shape index (κ3) is 3.57. The molecule has 2 aliphatic rings. The Hall–Kier alpha value is -0.0800. The van der Waals surface area contributed by atoms with E-state index < -0.39 is 0 Å². The van der Waals surface area contributed by atoms with Gasteiger partial charge in [0.25, 0.3) is 0 Å². The summed E-state index contributed by atoms with van der Waals surface area (Å²) in [7, 11) is 0. The first kappa shape index (κ1) is 16.3. The molecule has 0 bridgehead atoms. The minimum absolute atomic E-state index is 0.499. The van der Waals surface area contributed by atoms with E-state index in [1.807, 2.05) is 0 Å². The topological polar surface area (TPSA) is 29.3 Å². The molecule has 1 saturated carbocycles. The van der Waals surface area contributed by atoms with E-state index in [1.165, 1.54) is 51.6 Å². The summed E-state index contributed by atoms with van der Waals surface area (Å²) in [5, 5.41) is 0. The Bertz CT molecular complexity index is 300. The summed E-state index contributed by atoms with van der Waals surface area (Å²) in [5.74, 6) is 2.50. The molecule has 2 heteroatoms. The van der Waals surface area contributed by atoms with E-state index in [1.54, 1.807) is 0 Å². The molecule has 4 atom stereocenters. The average Bonchev–Trinajstić information content (AvgIpc) is 2.46. The van der Waals surface area contributed by atoms with Gasteiger partial charge < -0.3 is 5.73 Å². The van der Waals surface area contributed by atoms with Crippen molar-refractivity contribution in [2.75, 3.05) is 19.6 Å². The lowest BCUT2D eigenvalue weighted by molar-refractivity contribution is 0.0182. The fraction of sp³-hybridized carbons (Fsp3) is 1.00. The summed E-state index contributed by atoms with van der Waals surface area (Å²) in [5.41, 5.74) is 6.59. The van der Waals surface area contributed by atoms with Gasteiger partial charge in [0.1, 0.15) is 0 Å². The molecule has 0 aromatic heterocycles. The van der Waals surface area contributed by atoms with Gasteiger partial charge in [0.15, 0.2) is 0 Å². The standard InChI is InChI=1S/C18H36N2/c1-5-18(3,4)16-9-8-15(12-19)17(11-16)20-10-6-7-14(2)13-20/h14-17H,5-13,19H2,1-4H3. The van der Waals surface area contributed by atoms with Crippen LogP contribution in [-0.2, 0) is 0 Å². The Morgan fingerprint density at radius 3 is 2.55 bits per heavy atom. The number of hydrogen-bond acceptors (Lipinski definition) is 2. The molecule has 2 nitrogen and oxygen atoms in total. The number of rotatable bonds is 4. The zero-order valence-electron chi connectivity index (χ0n) is 14.2. The lowest BCUT2D eigenvalue weighted by Crippen LogP contribution is -2.51. The molecule has 0 aromatic carbocycles. The van der Waals surface area contributed by atoms with Crippen molar-refractivity contribution in [3.8, 4) is 0 Å². The predicted octanol–water partition coefficient (Wildman–Crippen LogP) is 3.90. The zero-order chi connectivity index (χ0) is 14.8. The molecule has 0 amide bonds. The van der Waals surface area contributed by atoms with Gasteiger partial charge in [-0.25, -0.2) is 0 Å². The van der Waals surface area contributed by atoms with Crippen LogP contribution in [0.2, 0.25) is 0 Å². The first-order valence-corrected chi connectivity index (χ1v) is 8.92. The van der Waals surface area contributed by atoms with Crippen molar-refractivity contribution in [3.63, 3.8) is 0 Å². The third-order valence-corrected chi connectivity index (χ3v) is 6.43. The average molecular weight is 280 g/mol. The normalized spacial score (nSPS) is 37.0. The quantitative estimate of drug-likeness (QED) is 0.846. The molecule has 118 valence electrons. The SMILES string of the molecule is CCC(C)(C)C1CCC(CN)C(N2CCCC(C)C2)C1. The molecule has 2 N–H and O–H groups in total. The Balaban J connectivity index is 2.06. The van der Waals surface area contributed by atoms with Crippen molar-refractivity contribution < 1.29 is 0 Å². The Morgan fingerprint density at radius 2 is 1.95 bits per heavy atom. The Morgan fingerprint density at radius 1 is 1.20 bits per heavy atom. The monoisotopic (exact) mass is 280 g/mol. The molecule has 2 fully saturated rings. The first-order valence-electron chi connectivity index (χ1n) is 8.92. The highest BCUT2D eigenvalue weighted by molar-refractivity contribution is 4.93. The van der Waals surface area contributed by atoms with Crippen LogP contribution in [0.25, 0.3) is 0 Å². The summed E-state index contributed by atoms with van der Waals surface area (Å²) < 4.78 is 0. The van der Waals surface area contributed by atoms with Crippen molar-refractivity contribution in [1.29, 1.82) is 0 Å². The lowest BCUT2D eigenvalue weighted by Gasteiger charge is -2.48. The van der Waals surface area contributed by atoms with Crippen molar-refractivity contribution in [1.82, 2.24) is 4.90 Å². The van der Waals surface area contributed by atoms with Crippen LogP contribution in [0.4, 0.5) is 0 Å². The summed E-state index contributed by atoms with van der Waals surface area (Å²) in [6, 6.07) is 0.757. The summed E-state index contributed by atoms with van der Waals surface area (Å²) in [6.07, 6.45) is 8.23. The van der Waals surface area contributed by atoms with E-state index in [0.29, 0.717) is 5.41 Å². The molecule has 0 radical (unpaired) electrons. The van der Waals surface area contributed by atoms with Gasteiger partial charge in [-0.1, -0.05) is 34.1 Å². The number of likely N-dealkylation sites (tertiary alicyclic amines) is 1. The van der Waals surface area contributed by atoms with Crippen LogP contribution in [0.3, 0.4) is 0 Å². The van der Waals surface area contributed by atoms with Crippen LogP contribution < -0.4 is 5.73 Å². The molecule has 20 heavy (non-hydrogen) atoms. The van der Waals surface area contributed by atoms with E-state index in [-0.39, 0.29) is 0 Å². The second-order valence-electron chi connectivity index (χ2n) is 8.16. The number of nitrogens with zero attached hydrogens (tertiary/aromatic N) is 1. The Kier molecular flexibility index (Phi) is 5.53. The van der Waals surface area contributed by atoms with E-state index in [0.717, 1.165) is 30.3 Å². The summed E-state index contributed by atoms with van der Waals surface area (Å²) in [6.45, 7) is 13.2. The van der Waals surface area contributed by atoms with Gasteiger partial charge in [0, 0.05) is 12.6 Å². The van der Waals surface area contributed by atoms with E-state index in [9.17, 15) is 0 Å². The lowest BCUT2D eigenvalue weighted by atomic mass is 9.65. The fourth-order valence-electron chi connectivity index (χ4n) is 4.46. The van der Waals surface area contributed by atoms with Crippen molar-refractivity contribution in [3.05, 3.63) is 0 Å². The van der Waals surface area contributed by atoms with Crippen LogP contribution in [0.5, 0.6) is 0 Å². The minimum Gasteiger partial charge on any atom is -0.330 e. The summed E-state index contributed by atoms with van der Waals surface area (Å²) >= 11 is 0. The zero-order valence-corrected chi connectivity index (χ0v) is 14.2. The highest BCUT2D eigenvalue weighted by atomic mass is 15.2. The second-order valence-corrected chi connectivity index (χ2v) is 8.16. The van der Waals surface area contributed by atoms with Crippen LogP contribution in [-0.4, -0.2) is 30.6 Å². The number of piperidine rings is 1. The minimum atomic E-state index is 0.499. The van der Waals surface area contributed by atoms with Crippen LogP contribution in [0, 0.1) is 23.2 Å². The second kappa shape index (κ2) is 6.79. The van der Waals surface area contributed by atoms with Gasteiger partial charge in [-0.15, -0.1) is 0 Å². The van der Waals surface area contributed by atoms with Crippen molar-refractivity contribution in [2.45, 2.75) is 72.3 Å². The van der Waals surface area contributed by atoms with Crippen LogP contribution in [0.15, 0.2) is 0 Å². The molecule has 4 unspecified atom stereocenters. The van der Waals surface area contributed by atoms with Gasteiger partial charge in [-0.3, -0.25) is 4.90 Å². The third-order valence-electron chi connectivity index (χ3n) is 6.43. The first-order chi connectivity index (χ1) is 9.47. The molecule has 0 aromatic rings. The van der Waals surface area contributed by atoms with Crippen molar-refractivity contribution >= 4 is 0 Å². The molecule has 1 aliphatic carbocycles. The summed E-state index contributed by atoms with van der Waals surface area (Å²) in [4.78, 5) is 2.80. The van der Waals surface area contributed by atoms with Gasteiger partial charge in [0.05, 0.1) is 0 Å². The highest BCUT2D eigenvalue weighted by Gasteiger charge is 2.39. The smallest absolute Gasteiger partial charge is 0.0138 e. The molecule has 1 aliphatic heterocycles. The Labute approximate surface area is 126 Å².